The van der Waals surface area contributed by atoms with E-state index in [0.717, 1.165) is 12.2 Å². The molecule has 2 aromatic heterocycles. The summed E-state index contributed by atoms with van der Waals surface area (Å²) in [4.78, 5) is 12.2. The molecule has 1 N–H and O–H groups in total. The van der Waals surface area contributed by atoms with Crippen LogP contribution in [0.2, 0.25) is 0 Å². The smallest absolute Gasteiger partial charge is 0.163 e. The number of rotatable bonds is 2. The Kier molecular flexibility index (Phi) is 1.94. The predicted molar refractivity (Wildman–Crippen MR) is 46.9 cm³/mol. The van der Waals surface area contributed by atoms with Gasteiger partial charge in [0, 0.05) is 6.54 Å². The summed E-state index contributed by atoms with van der Waals surface area (Å²) in [5.74, 6) is 0. The van der Waals surface area contributed by atoms with Gasteiger partial charge in [-0.2, -0.15) is 0 Å². The zero-order valence-electron chi connectivity index (χ0n) is 7.30. The monoisotopic (exact) mass is 178 g/mol. The molecule has 68 valence electrons. The molecule has 0 aliphatic rings. The lowest BCUT2D eigenvalue weighted by Crippen LogP contribution is -1.96. The van der Waals surface area contributed by atoms with E-state index in [1.807, 2.05) is 11.5 Å². The number of aromatic nitrogens is 4. The summed E-state index contributed by atoms with van der Waals surface area (Å²) < 4.78 is 1.91. The lowest BCUT2D eigenvalue weighted by Gasteiger charge is -1.98. The molecule has 5 nitrogen and oxygen atoms in total. The minimum atomic E-state index is -0.0975. The lowest BCUT2D eigenvalue weighted by atomic mass is 10.4. The van der Waals surface area contributed by atoms with Crippen LogP contribution in [0.3, 0.4) is 0 Å². The van der Waals surface area contributed by atoms with Crippen molar-refractivity contribution < 1.29 is 5.11 Å². The van der Waals surface area contributed by atoms with Crippen molar-refractivity contribution in [2.75, 3.05) is 0 Å². The molecule has 0 unspecified atom stereocenters. The molecule has 0 saturated heterocycles. The van der Waals surface area contributed by atoms with E-state index in [9.17, 15) is 0 Å². The van der Waals surface area contributed by atoms with Crippen LogP contribution in [-0.2, 0) is 13.2 Å². The third-order valence-corrected chi connectivity index (χ3v) is 1.97. The third kappa shape index (κ3) is 1.17. The molecule has 2 heterocycles. The van der Waals surface area contributed by atoms with Gasteiger partial charge in [0.1, 0.15) is 11.8 Å². The van der Waals surface area contributed by atoms with Crippen LogP contribution in [0.25, 0.3) is 11.2 Å². The van der Waals surface area contributed by atoms with Crippen LogP contribution >= 0.6 is 0 Å². The number of hydrogen-bond donors (Lipinski definition) is 1. The normalized spacial score (nSPS) is 10.9. The van der Waals surface area contributed by atoms with Gasteiger partial charge in [0.05, 0.1) is 18.6 Å². The van der Waals surface area contributed by atoms with Gasteiger partial charge in [0.2, 0.25) is 0 Å². The molecule has 0 atom stereocenters. The van der Waals surface area contributed by atoms with E-state index in [4.69, 9.17) is 5.11 Å². The van der Waals surface area contributed by atoms with Crippen molar-refractivity contribution in [1.29, 1.82) is 0 Å². The fraction of sp³-hybridized carbons (Fsp3) is 0.375. The molecular weight excluding hydrogens is 168 g/mol. The standard InChI is InChI=1S/C8H10N4O/c1-2-12-5-11-7-6(3-13)9-4-10-8(7)12/h4-5,13H,2-3H2,1H3. The Morgan fingerprint density at radius 2 is 2.23 bits per heavy atom. The first-order valence-corrected chi connectivity index (χ1v) is 4.12. The Morgan fingerprint density at radius 3 is 2.92 bits per heavy atom. The number of nitrogens with zero attached hydrogens (tertiary/aromatic N) is 4. The minimum absolute atomic E-state index is 0.0975. The van der Waals surface area contributed by atoms with Gasteiger partial charge in [-0.25, -0.2) is 15.0 Å². The van der Waals surface area contributed by atoms with E-state index in [1.54, 1.807) is 6.33 Å². The van der Waals surface area contributed by atoms with Gasteiger partial charge in [0.25, 0.3) is 0 Å². The highest BCUT2D eigenvalue weighted by atomic mass is 16.3. The zero-order valence-corrected chi connectivity index (χ0v) is 7.30. The summed E-state index contributed by atoms with van der Waals surface area (Å²) >= 11 is 0. The fourth-order valence-electron chi connectivity index (χ4n) is 1.28. The van der Waals surface area contributed by atoms with Gasteiger partial charge in [-0.1, -0.05) is 0 Å². The topological polar surface area (TPSA) is 63.8 Å². The Labute approximate surface area is 75.1 Å². The Morgan fingerprint density at radius 1 is 1.38 bits per heavy atom. The highest BCUT2D eigenvalue weighted by Crippen LogP contribution is 2.12. The minimum Gasteiger partial charge on any atom is -0.390 e. The predicted octanol–water partition coefficient (Wildman–Crippen LogP) is 0.338. The van der Waals surface area contributed by atoms with Crippen molar-refractivity contribution in [3.8, 4) is 0 Å². The second-order valence-electron chi connectivity index (χ2n) is 2.68. The SMILES string of the molecule is CCn1cnc2c(CO)ncnc21. The van der Waals surface area contributed by atoms with Gasteiger partial charge in [-0.3, -0.25) is 0 Å². The van der Waals surface area contributed by atoms with Crippen LogP contribution in [0, 0.1) is 0 Å². The summed E-state index contributed by atoms with van der Waals surface area (Å²) in [6, 6.07) is 0. The molecule has 2 aromatic rings. The average Bonchev–Trinajstić information content (AvgIpc) is 2.60. The van der Waals surface area contributed by atoms with Gasteiger partial charge in [0.15, 0.2) is 5.65 Å². The van der Waals surface area contributed by atoms with E-state index >= 15 is 0 Å². The number of fused-ring (bicyclic) bond motifs is 1. The number of aryl methyl sites for hydroxylation is 1. The second-order valence-corrected chi connectivity index (χ2v) is 2.68. The van der Waals surface area contributed by atoms with Crippen LogP contribution in [-0.4, -0.2) is 24.6 Å². The molecule has 0 aliphatic heterocycles. The number of imidazole rings is 1. The van der Waals surface area contributed by atoms with Crippen molar-refractivity contribution >= 4 is 11.2 Å². The molecule has 0 radical (unpaired) electrons. The van der Waals surface area contributed by atoms with E-state index < -0.39 is 0 Å². The van der Waals surface area contributed by atoms with Crippen molar-refractivity contribution in [3.05, 3.63) is 18.3 Å². The molecule has 0 saturated carbocycles. The third-order valence-electron chi connectivity index (χ3n) is 1.97. The van der Waals surface area contributed by atoms with Crippen LogP contribution in [0.5, 0.6) is 0 Å². The van der Waals surface area contributed by atoms with E-state index in [1.165, 1.54) is 6.33 Å². The van der Waals surface area contributed by atoms with Crippen LogP contribution in [0.4, 0.5) is 0 Å². The molecule has 0 aromatic carbocycles. The largest absolute Gasteiger partial charge is 0.390 e. The maximum Gasteiger partial charge on any atom is 0.163 e. The van der Waals surface area contributed by atoms with Gasteiger partial charge in [-0.05, 0) is 6.92 Å². The molecule has 0 spiro atoms. The lowest BCUT2D eigenvalue weighted by molar-refractivity contribution is 0.278. The molecule has 0 fully saturated rings. The number of aliphatic hydroxyl groups is 1. The summed E-state index contributed by atoms with van der Waals surface area (Å²) in [6.07, 6.45) is 3.15. The quantitative estimate of drug-likeness (QED) is 0.720. The highest BCUT2D eigenvalue weighted by molar-refractivity contribution is 5.72. The van der Waals surface area contributed by atoms with Crippen LogP contribution in [0.15, 0.2) is 12.7 Å². The molecule has 0 aliphatic carbocycles. The Balaban J connectivity index is 2.72. The summed E-state index contributed by atoms with van der Waals surface area (Å²) in [5.41, 5.74) is 2.05. The highest BCUT2D eigenvalue weighted by Gasteiger charge is 2.07. The van der Waals surface area contributed by atoms with Crippen molar-refractivity contribution in [1.82, 2.24) is 19.5 Å². The van der Waals surface area contributed by atoms with Crippen LogP contribution in [0.1, 0.15) is 12.6 Å². The van der Waals surface area contributed by atoms with Gasteiger partial charge < -0.3 is 9.67 Å². The fourth-order valence-corrected chi connectivity index (χ4v) is 1.28. The summed E-state index contributed by atoms with van der Waals surface area (Å²) in [6.45, 7) is 2.74. The number of hydrogen-bond acceptors (Lipinski definition) is 4. The number of aliphatic hydroxyl groups excluding tert-OH is 1. The van der Waals surface area contributed by atoms with E-state index in [0.29, 0.717) is 11.2 Å². The van der Waals surface area contributed by atoms with Crippen LogP contribution < -0.4 is 0 Å². The molecular formula is C8H10N4O. The molecule has 2 rings (SSSR count). The zero-order chi connectivity index (χ0) is 9.26. The van der Waals surface area contributed by atoms with Gasteiger partial charge >= 0.3 is 0 Å². The average molecular weight is 178 g/mol. The van der Waals surface area contributed by atoms with Crippen molar-refractivity contribution in [3.63, 3.8) is 0 Å². The molecule has 0 bridgehead atoms. The second kappa shape index (κ2) is 3.10. The maximum atomic E-state index is 8.98. The van der Waals surface area contributed by atoms with Gasteiger partial charge in [-0.15, -0.1) is 0 Å². The summed E-state index contributed by atoms with van der Waals surface area (Å²) in [5, 5.41) is 8.98. The Hall–Kier alpha value is -1.49. The van der Waals surface area contributed by atoms with E-state index in [2.05, 4.69) is 15.0 Å². The molecule has 0 amide bonds. The summed E-state index contributed by atoms with van der Waals surface area (Å²) in [7, 11) is 0. The van der Waals surface area contributed by atoms with Crippen molar-refractivity contribution in [2.24, 2.45) is 0 Å². The first kappa shape index (κ1) is 8.12. The van der Waals surface area contributed by atoms with E-state index in [-0.39, 0.29) is 6.61 Å². The Bertz CT molecular complexity index is 423. The first-order chi connectivity index (χ1) is 6.36. The first-order valence-electron chi connectivity index (χ1n) is 4.12. The molecule has 13 heavy (non-hydrogen) atoms. The van der Waals surface area contributed by atoms with Crippen molar-refractivity contribution in [2.45, 2.75) is 20.1 Å². The molecule has 5 heteroatoms. The maximum absolute atomic E-state index is 8.98.